The average Bonchev–Trinajstić information content (AvgIpc) is 2.52. The molecule has 5 nitrogen and oxygen atoms in total. The van der Waals surface area contributed by atoms with Gasteiger partial charge < -0.3 is 15.6 Å². The van der Waals surface area contributed by atoms with E-state index in [1.165, 1.54) is 6.07 Å². The lowest BCUT2D eigenvalue weighted by atomic mass is 9.83. The van der Waals surface area contributed by atoms with Gasteiger partial charge in [-0.05, 0) is 30.9 Å². The first-order valence-corrected chi connectivity index (χ1v) is 7.68. The molecule has 2 heterocycles. The second kappa shape index (κ2) is 5.93. The minimum Gasteiger partial charge on any atom is -0.351 e. The summed E-state index contributed by atoms with van der Waals surface area (Å²) >= 11 is 0. The Labute approximate surface area is 129 Å². The first-order valence-electron chi connectivity index (χ1n) is 7.68. The fourth-order valence-corrected chi connectivity index (χ4v) is 3.05. The van der Waals surface area contributed by atoms with Gasteiger partial charge in [-0.15, -0.1) is 0 Å². The fourth-order valence-electron chi connectivity index (χ4n) is 3.05. The van der Waals surface area contributed by atoms with Gasteiger partial charge in [0.2, 0.25) is 5.56 Å². The van der Waals surface area contributed by atoms with Crippen molar-refractivity contribution >= 4 is 16.8 Å². The predicted octanol–water partition coefficient (Wildman–Crippen LogP) is 1.65. The topological polar surface area (TPSA) is 74.0 Å². The highest BCUT2D eigenvalue weighted by atomic mass is 16.2. The molecule has 116 valence electrons. The van der Waals surface area contributed by atoms with E-state index in [1.54, 1.807) is 6.07 Å². The van der Waals surface area contributed by atoms with Crippen LogP contribution in [0.3, 0.4) is 0 Å². The first kappa shape index (κ1) is 14.8. The molecule has 0 radical (unpaired) electrons. The molecule has 22 heavy (non-hydrogen) atoms. The molecule has 0 saturated carbocycles. The Hall–Kier alpha value is -2.14. The monoisotopic (exact) mass is 299 g/mol. The van der Waals surface area contributed by atoms with Crippen molar-refractivity contribution in [2.45, 2.75) is 19.8 Å². The van der Waals surface area contributed by atoms with Crippen LogP contribution in [0.1, 0.15) is 30.1 Å². The zero-order chi connectivity index (χ0) is 15.6. The van der Waals surface area contributed by atoms with Crippen molar-refractivity contribution in [2.75, 3.05) is 19.6 Å². The van der Waals surface area contributed by atoms with E-state index in [9.17, 15) is 9.59 Å². The molecule has 0 bridgehead atoms. The predicted molar refractivity (Wildman–Crippen MR) is 87.1 cm³/mol. The number of carbonyl (C=O) groups excluding carboxylic acids is 1. The molecule has 1 amide bonds. The van der Waals surface area contributed by atoms with Gasteiger partial charge in [-0.1, -0.05) is 25.1 Å². The van der Waals surface area contributed by atoms with Crippen LogP contribution in [0.25, 0.3) is 10.9 Å². The van der Waals surface area contributed by atoms with Gasteiger partial charge in [0.05, 0.1) is 5.56 Å². The highest BCUT2D eigenvalue weighted by Crippen LogP contribution is 2.24. The van der Waals surface area contributed by atoms with E-state index < -0.39 is 0 Å². The largest absolute Gasteiger partial charge is 0.351 e. The summed E-state index contributed by atoms with van der Waals surface area (Å²) in [5, 5.41) is 7.14. The Morgan fingerprint density at radius 1 is 1.36 bits per heavy atom. The first-order chi connectivity index (χ1) is 10.6. The molecule has 0 aliphatic carbocycles. The second-order valence-corrected chi connectivity index (χ2v) is 6.37. The number of carbonyl (C=O) groups is 1. The molecular weight excluding hydrogens is 278 g/mol. The number of rotatable bonds is 3. The number of aromatic nitrogens is 1. The van der Waals surface area contributed by atoms with Crippen LogP contribution in [0, 0.1) is 5.41 Å². The van der Waals surface area contributed by atoms with Crippen LogP contribution in [0.15, 0.2) is 35.1 Å². The number of amides is 1. The average molecular weight is 299 g/mol. The number of piperidine rings is 1. The number of nitrogens with one attached hydrogen (secondary N) is 3. The summed E-state index contributed by atoms with van der Waals surface area (Å²) in [4.78, 5) is 27.0. The van der Waals surface area contributed by atoms with E-state index >= 15 is 0 Å². The van der Waals surface area contributed by atoms with Gasteiger partial charge in [-0.25, -0.2) is 0 Å². The van der Waals surface area contributed by atoms with Crippen molar-refractivity contribution < 1.29 is 4.79 Å². The van der Waals surface area contributed by atoms with E-state index in [4.69, 9.17) is 0 Å². The number of pyridine rings is 1. The summed E-state index contributed by atoms with van der Waals surface area (Å²) in [5.74, 6) is -0.186. The number of H-pyrrole nitrogens is 1. The Morgan fingerprint density at radius 3 is 2.95 bits per heavy atom. The molecule has 1 fully saturated rings. The Balaban J connectivity index is 1.82. The molecule has 1 aromatic carbocycles. The highest BCUT2D eigenvalue weighted by Gasteiger charge is 2.27. The standard InChI is InChI=1S/C17H21N3O2/c1-17(7-4-8-18-10-17)11-19-16(22)13-9-15(21)20-14-6-3-2-5-12(13)14/h2-3,5-6,9,18H,4,7-8,10-11H2,1H3,(H,19,22)(H,20,21). The van der Waals surface area contributed by atoms with Crippen molar-refractivity contribution in [1.29, 1.82) is 0 Å². The van der Waals surface area contributed by atoms with E-state index in [0.29, 0.717) is 17.6 Å². The van der Waals surface area contributed by atoms with Crippen molar-refractivity contribution in [3.05, 3.63) is 46.2 Å². The van der Waals surface area contributed by atoms with Crippen molar-refractivity contribution in [3.8, 4) is 0 Å². The summed E-state index contributed by atoms with van der Waals surface area (Å²) < 4.78 is 0. The highest BCUT2D eigenvalue weighted by molar-refractivity contribution is 6.05. The van der Waals surface area contributed by atoms with E-state index in [2.05, 4.69) is 22.5 Å². The molecule has 3 rings (SSSR count). The summed E-state index contributed by atoms with van der Waals surface area (Å²) in [6.07, 6.45) is 2.22. The number of para-hydroxylation sites is 1. The molecular formula is C17H21N3O2. The van der Waals surface area contributed by atoms with Gasteiger partial charge in [0.25, 0.3) is 5.91 Å². The summed E-state index contributed by atoms with van der Waals surface area (Å²) in [5.41, 5.74) is 0.942. The molecule has 2 aromatic rings. The van der Waals surface area contributed by atoms with E-state index in [1.807, 2.05) is 18.2 Å². The molecule has 1 aliphatic rings. The number of benzene rings is 1. The van der Waals surface area contributed by atoms with Gasteiger partial charge in [0, 0.05) is 30.1 Å². The molecule has 1 aliphatic heterocycles. The van der Waals surface area contributed by atoms with Gasteiger partial charge >= 0.3 is 0 Å². The normalized spacial score (nSPS) is 21.7. The van der Waals surface area contributed by atoms with Crippen LogP contribution in [0.2, 0.25) is 0 Å². The van der Waals surface area contributed by atoms with Crippen LogP contribution in [-0.4, -0.2) is 30.5 Å². The Kier molecular flexibility index (Phi) is 3.98. The van der Waals surface area contributed by atoms with Crippen LogP contribution in [-0.2, 0) is 0 Å². The molecule has 1 saturated heterocycles. The third-order valence-electron chi connectivity index (χ3n) is 4.36. The number of hydrogen-bond acceptors (Lipinski definition) is 3. The van der Waals surface area contributed by atoms with Gasteiger partial charge in [-0.2, -0.15) is 0 Å². The quantitative estimate of drug-likeness (QED) is 0.807. The Bertz CT molecular complexity index is 745. The Morgan fingerprint density at radius 2 is 2.18 bits per heavy atom. The minimum atomic E-state index is -0.255. The lowest BCUT2D eigenvalue weighted by molar-refractivity contribution is 0.0926. The third kappa shape index (κ3) is 3.04. The molecule has 5 heteroatoms. The number of fused-ring (bicyclic) bond motifs is 1. The maximum absolute atomic E-state index is 12.5. The lowest BCUT2D eigenvalue weighted by Crippen LogP contribution is -2.45. The zero-order valence-corrected chi connectivity index (χ0v) is 12.7. The van der Waals surface area contributed by atoms with Crippen molar-refractivity contribution in [3.63, 3.8) is 0 Å². The van der Waals surface area contributed by atoms with E-state index in [-0.39, 0.29) is 16.9 Å². The summed E-state index contributed by atoms with van der Waals surface area (Å²) in [6.45, 7) is 4.74. The van der Waals surface area contributed by atoms with Gasteiger partial charge in [0.1, 0.15) is 0 Å². The van der Waals surface area contributed by atoms with Gasteiger partial charge in [0.15, 0.2) is 0 Å². The van der Waals surface area contributed by atoms with Crippen LogP contribution < -0.4 is 16.2 Å². The third-order valence-corrected chi connectivity index (χ3v) is 4.36. The summed E-state index contributed by atoms with van der Waals surface area (Å²) in [7, 11) is 0. The maximum atomic E-state index is 12.5. The molecule has 1 atom stereocenters. The van der Waals surface area contributed by atoms with Crippen molar-refractivity contribution in [1.82, 2.24) is 15.6 Å². The van der Waals surface area contributed by atoms with Crippen LogP contribution in [0.4, 0.5) is 0 Å². The van der Waals surface area contributed by atoms with Crippen LogP contribution >= 0.6 is 0 Å². The van der Waals surface area contributed by atoms with Crippen LogP contribution in [0.5, 0.6) is 0 Å². The lowest BCUT2D eigenvalue weighted by Gasteiger charge is -2.34. The second-order valence-electron chi connectivity index (χ2n) is 6.37. The smallest absolute Gasteiger partial charge is 0.252 e. The van der Waals surface area contributed by atoms with Gasteiger partial charge in [-0.3, -0.25) is 9.59 Å². The number of aromatic amines is 1. The fraction of sp³-hybridized carbons (Fsp3) is 0.412. The molecule has 0 spiro atoms. The number of hydrogen-bond donors (Lipinski definition) is 3. The molecule has 1 unspecified atom stereocenters. The maximum Gasteiger partial charge on any atom is 0.252 e. The van der Waals surface area contributed by atoms with Crippen molar-refractivity contribution in [2.24, 2.45) is 5.41 Å². The molecule has 1 aromatic heterocycles. The zero-order valence-electron chi connectivity index (χ0n) is 12.7. The minimum absolute atomic E-state index is 0.0743. The molecule has 3 N–H and O–H groups in total. The SMILES string of the molecule is CC1(CNC(=O)c2cc(=O)[nH]c3ccccc23)CCCNC1. The van der Waals surface area contributed by atoms with E-state index in [0.717, 1.165) is 31.3 Å². The summed E-state index contributed by atoms with van der Waals surface area (Å²) in [6, 6.07) is 8.74.